The lowest BCUT2D eigenvalue weighted by atomic mass is 9.89. The van der Waals surface area contributed by atoms with Gasteiger partial charge in [0.25, 0.3) is 11.5 Å². The number of rotatable bonds is 4. The summed E-state index contributed by atoms with van der Waals surface area (Å²) in [6.45, 7) is 3.14. The molecule has 12 heteroatoms. The van der Waals surface area contributed by atoms with E-state index in [0.717, 1.165) is 41.0 Å². The summed E-state index contributed by atoms with van der Waals surface area (Å²) in [7, 11) is 0. The number of fused-ring (bicyclic) bond motifs is 1. The van der Waals surface area contributed by atoms with Crippen LogP contribution in [0.1, 0.15) is 50.5 Å². The van der Waals surface area contributed by atoms with E-state index in [4.69, 9.17) is 28.0 Å². The van der Waals surface area contributed by atoms with Crippen LogP contribution in [0.3, 0.4) is 0 Å². The van der Waals surface area contributed by atoms with Gasteiger partial charge < -0.3 is 15.1 Å². The highest BCUT2D eigenvalue weighted by atomic mass is 35.5. The van der Waals surface area contributed by atoms with Crippen molar-refractivity contribution >= 4 is 46.3 Å². The van der Waals surface area contributed by atoms with Crippen molar-refractivity contribution in [1.29, 1.82) is 0 Å². The zero-order valence-corrected chi connectivity index (χ0v) is 20.2. The number of carbonyl (C=O) groups is 1. The Balaban J connectivity index is 1.35. The SMILES string of the molecule is Cc1c(C(=O)NCC2CC2)sc2c1CN(C1=NOC(c3cc(Cl)c(F)c(Cl)c3)(C(F)(F)F)C1)C2. The van der Waals surface area contributed by atoms with Gasteiger partial charge >= 0.3 is 6.18 Å². The van der Waals surface area contributed by atoms with Gasteiger partial charge in [0.1, 0.15) is 5.84 Å². The Morgan fingerprint density at radius 1 is 1.29 bits per heavy atom. The van der Waals surface area contributed by atoms with Gasteiger partial charge in [-0.2, -0.15) is 13.2 Å². The molecule has 1 aliphatic carbocycles. The van der Waals surface area contributed by atoms with Crippen molar-refractivity contribution < 1.29 is 27.2 Å². The van der Waals surface area contributed by atoms with E-state index >= 15 is 0 Å². The molecule has 1 amide bonds. The molecule has 1 unspecified atom stereocenters. The molecule has 0 spiro atoms. The molecule has 0 saturated heterocycles. The van der Waals surface area contributed by atoms with E-state index in [2.05, 4.69) is 10.5 Å². The van der Waals surface area contributed by atoms with Crippen LogP contribution < -0.4 is 5.32 Å². The maximum atomic E-state index is 14.2. The Morgan fingerprint density at radius 2 is 1.97 bits per heavy atom. The summed E-state index contributed by atoms with van der Waals surface area (Å²) >= 11 is 12.9. The maximum Gasteiger partial charge on any atom is 0.435 e. The van der Waals surface area contributed by atoms with Gasteiger partial charge in [-0.1, -0.05) is 28.4 Å². The Morgan fingerprint density at radius 3 is 2.56 bits per heavy atom. The number of amides is 1. The summed E-state index contributed by atoms with van der Waals surface area (Å²) in [5.41, 5.74) is -1.51. The number of carbonyl (C=O) groups excluding carboxylic acids is 1. The third-order valence-electron chi connectivity index (χ3n) is 6.48. The molecule has 1 N–H and O–H groups in total. The smallest absolute Gasteiger partial charge is 0.372 e. The van der Waals surface area contributed by atoms with Gasteiger partial charge in [-0.25, -0.2) is 4.39 Å². The molecule has 5 rings (SSSR count). The fourth-order valence-electron chi connectivity index (χ4n) is 4.25. The number of benzene rings is 1. The number of oxime groups is 1. The zero-order valence-electron chi connectivity index (χ0n) is 17.9. The number of hydrogen-bond donors (Lipinski definition) is 1. The van der Waals surface area contributed by atoms with E-state index in [1.165, 1.54) is 11.3 Å². The number of halogens is 6. The molecular weight excluding hydrogens is 517 g/mol. The summed E-state index contributed by atoms with van der Waals surface area (Å²) in [6.07, 6.45) is -3.21. The molecule has 182 valence electrons. The number of hydrogen-bond acceptors (Lipinski definition) is 5. The lowest BCUT2D eigenvalue weighted by Gasteiger charge is -2.30. The second-order valence-corrected chi connectivity index (χ2v) is 10.7. The van der Waals surface area contributed by atoms with Gasteiger partial charge in [-0.3, -0.25) is 4.79 Å². The molecule has 1 fully saturated rings. The van der Waals surface area contributed by atoms with Gasteiger partial charge in [0.2, 0.25) is 0 Å². The van der Waals surface area contributed by atoms with Crippen LogP contribution in [0.15, 0.2) is 17.3 Å². The monoisotopic (exact) mass is 535 g/mol. The Bertz CT molecular complexity index is 1190. The van der Waals surface area contributed by atoms with Crippen molar-refractivity contribution in [3.8, 4) is 0 Å². The van der Waals surface area contributed by atoms with Crippen LogP contribution in [0, 0.1) is 18.7 Å². The minimum Gasteiger partial charge on any atom is -0.372 e. The highest BCUT2D eigenvalue weighted by Crippen LogP contribution is 2.50. The van der Waals surface area contributed by atoms with E-state index in [1.807, 2.05) is 6.92 Å². The molecule has 3 aliphatic rings. The summed E-state index contributed by atoms with van der Waals surface area (Å²) in [6, 6.07) is 1.73. The van der Waals surface area contributed by atoms with Crippen LogP contribution in [0.2, 0.25) is 10.0 Å². The van der Waals surface area contributed by atoms with Crippen LogP contribution in [-0.4, -0.2) is 29.4 Å². The van der Waals surface area contributed by atoms with Crippen LogP contribution in [-0.2, 0) is 23.5 Å². The number of nitrogens with one attached hydrogen (secondary N) is 1. The average molecular weight is 536 g/mol. The van der Waals surface area contributed by atoms with Crippen molar-refractivity contribution in [1.82, 2.24) is 10.2 Å². The van der Waals surface area contributed by atoms with Gasteiger partial charge in [0, 0.05) is 23.5 Å². The molecule has 34 heavy (non-hydrogen) atoms. The minimum absolute atomic E-state index is 0.108. The van der Waals surface area contributed by atoms with E-state index in [1.54, 1.807) is 4.90 Å². The Kier molecular flexibility index (Phi) is 5.76. The normalized spacial score (nSPS) is 22.0. The predicted octanol–water partition coefficient (Wildman–Crippen LogP) is 6.15. The molecule has 0 radical (unpaired) electrons. The third-order valence-corrected chi connectivity index (χ3v) is 8.35. The van der Waals surface area contributed by atoms with Crippen LogP contribution >= 0.6 is 34.5 Å². The zero-order chi connectivity index (χ0) is 24.4. The molecule has 1 aromatic heterocycles. The summed E-state index contributed by atoms with van der Waals surface area (Å²) < 4.78 is 56.5. The first kappa shape index (κ1) is 23.7. The fourth-order valence-corrected chi connectivity index (χ4v) is 5.98. The van der Waals surface area contributed by atoms with Crippen LogP contribution in [0.5, 0.6) is 0 Å². The number of amidine groups is 1. The van der Waals surface area contributed by atoms with Gasteiger partial charge in [0.15, 0.2) is 5.82 Å². The molecular formula is C22H19Cl2F4N3O2S. The van der Waals surface area contributed by atoms with E-state index < -0.39 is 39.6 Å². The Hall–Kier alpha value is -2.04. The first-order valence-electron chi connectivity index (χ1n) is 10.6. The van der Waals surface area contributed by atoms with Crippen LogP contribution in [0.25, 0.3) is 0 Å². The highest BCUT2D eigenvalue weighted by Gasteiger charge is 2.63. The van der Waals surface area contributed by atoms with Crippen LogP contribution in [0.4, 0.5) is 17.6 Å². The predicted molar refractivity (Wildman–Crippen MR) is 121 cm³/mol. The Labute approximate surface area is 206 Å². The van der Waals surface area contributed by atoms with Crippen molar-refractivity contribution in [3.05, 3.63) is 54.4 Å². The average Bonchev–Trinajstić information content (AvgIpc) is 3.18. The number of alkyl halides is 3. The van der Waals surface area contributed by atoms with Gasteiger partial charge in [0.05, 0.1) is 27.9 Å². The summed E-state index contributed by atoms with van der Waals surface area (Å²) in [5.74, 6) is -0.443. The molecule has 0 bridgehead atoms. The summed E-state index contributed by atoms with van der Waals surface area (Å²) in [5, 5.41) is 5.66. The molecule has 1 atom stereocenters. The molecule has 1 aromatic carbocycles. The van der Waals surface area contributed by atoms with Gasteiger partial charge in [-0.15, -0.1) is 11.3 Å². The number of thiophene rings is 1. The molecule has 2 aromatic rings. The standard InChI is InChI=1S/C22H19Cl2F4N3O2S/c1-10-13-8-31(9-16(13)34-19(10)20(32)29-7-11-2-3-11)17-6-21(33-30-17,22(26,27)28)12-4-14(23)18(25)15(24)5-12/h4-5,11H,2-3,6-9H2,1H3,(H,29,32). The summed E-state index contributed by atoms with van der Waals surface area (Å²) in [4.78, 5) is 20.8. The number of nitrogens with zero attached hydrogens (tertiary/aromatic N) is 2. The maximum absolute atomic E-state index is 14.2. The molecule has 2 aliphatic heterocycles. The molecule has 5 nitrogen and oxygen atoms in total. The topological polar surface area (TPSA) is 53.9 Å². The largest absolute Gasteiger partial charge is 0.435 e. The van der Waals surface area contributed by atoms with E-state index in [0.29, 0.717) is 30.4 Å². The molecule has 1 saturated carbocycles. The first-order chi connectivity index (χ1) is 16.0. The third kappa shape index (κ3) is 3.93. The van der Waals surface area contributed by atoms with Crippen molar-refractivity contribution in [2.75, 3.05) is 6.54 Å². The molecule has 3 heterocycles. The van der Waals surface area contributed by atoms with Gasteiger partial charge in [-0.05, 0) is 48.9 Å². The lowest BCUT2D eigenvalue weighted by molar-refractivity contribution is -0.275. The fraction of sp³-hybridized carbons (Fsp3) is 0.455. The van der Waals surface area contributed by atoms with E-state index in [9.17, 15) is 22.4 Å². The highest BCUT2D eigenvalue weighted by molar-refractivity contribution is 7.14. The van der Waals surface area contributed by atoms with Crippen molar-refractivity contribution in [2.24, 2.45) is 11.1 Å². The van der Waals surface area contributed by atoms with Crippen molar-refractivity contribution in [3.63, 3.8) is 0 Å². The minimum atomic E-state index is -4.87. The second-order valence-electron chi connectivity index (χ2n) is 8.82. The quantitative estimate of drug-likeness (QED) is 0.377. The lowest BCUT2D eigenvalue weighted by Crippen LogP contribution is -2.44. The van der Waals surface area contributed by atoms with E-state index in [-0.39, 0.29) is 11.7 Å². The second kappa shape index (κ2) is 8.27. The van der Waals surface area contributed by atoms with Crippen molar-refractivity contribution in [2.45, 2.75) is 51.1 Å². The first-order valence-corrected chi connectivity index (χ1v) is 12.2.